The van der Waals surface area contributed by atoms with Crippen molar-refractivity contribution in [2.75, 3.05) is 12.3 Å². The SMILES string of the molecule is CC[C@H](CNC(=O)[C@H](C)OC(=O)c1ccc(N)c([N+](=O)[O-])c1)c1ccccc1. The van der Waals surface area contributed by atoms with E-state index in [4.69, 9.17) is 10.5 Å². The normalized spacial score (nSPS) is 12.6. The van der Waals surface area contributed by atoms with E-state index in [9.17, 15) is 19.7 Å². The minimum atomic E-state index is -1.04. The van der Waals surface area contributed by atoms with Crippen molar-refractivity contribution in [2.24, 2.45) is 0 Å². The molecule has 2 atom stereocenters. The molecule has 0 saturated carbocycles. The zero-order valence-electron chi connectivity index (χ0n) is 15.8. The van der Waals surface area contributed by atoms with Crippen molar-refractivity contribution in [3.63, 3.8) is 0 Å². The standard InChI is InChI=1S/C20H23N3O5/c1-3-14(15-7-5-4-6-8-15)12-22-19(24)13(2)28-20(25)16-9-10-17(21)18(11-16)23(26)27/h4-11,13-14H,3,12,21H2,1-2H3,(H,22,24)/t13-,14+/m0/s1. The van der Waals surface area contributed by atoms with Gasteiger partial charge in [0, 0.05) is 18.5 Å². The molecular weight excluding hydrogens is 362 g/mol. The molecule has 8 nitrogen and oxygen atoms in total. The van der Waals surface area contributed by atoms with Crippen LogP contribution >= 0.6 is 0 Å². The second-order valence-corrected chi connectivity index (χ2v) is 6.34. The molecule has 0 aliphatic heterocycles. The van der Waals surface area contributed by atoms with Gasteiger partial charge in [0.25, 0.3) is 11.6 Å². The molecule has 0 fully saturated rings. The number of hydrogen-bond acceptors (Lipinski definition) is 6. The first-order valence-corrected chi connectivity index (χ1v) is 8.91. The van der Waals surface area contributed by atoms with Crippen molar-refractivity contribution in [1.29, 1.82) is 0 Å². The number of esters is 1. The molecule has 0 heterocycles. The Morgan fingerprint density at radius 3 is 2.50 bits per heavy atom. The maximum Gasteiger partial charge on any atom is 0.339 e. The van der Waals surface area contributed by atoms with E-state index in [0.29, 0.717) is 6.54 Å². The summed E-state index contributed by atoms with van der Waals surface area (Å²) in [5.41, 5.74) is 6.14. The number of carbonyl (C=O) groups excluding carboxylic acids is 2. The van der Waals surface area contributed by atoms with Gasteiger partial charge in [-0.3, -0.25) is 14.9 Å². The second kappa shape index (κ2) is 9.50. The fraction of sp³-hybridized carbons (Fsp3) is 0.300. The average Bonchev–Trinajstić information content (AvgIpc) is 2.69. The summed E-state index contributed by atoms with van der Waals surface area (Å²) in [6, 6.07) is 13.4. The lowest BCUT2D eigenvalue weighted by Crippen LogP contribution is -2.38. The Morgan fingerprint density at radius 2 is 1.89 bits per heavy atom. The summed E-state index contributed by atoms with van der Waals surface area (Å²) in [6.45, 7) is 3.89. The van der Waals surface area contributed by atoms with E-state index in [1.807, 2.05) is 37.3 Å². The fourth-order valence-corrected chi connectivity index (χ4v) is 2.70. The topological polar surface area (TPSA) is 125 Å². The summed E-state index contributed by atoms with van der Waals surface area (Å²) in [5, 5.41) is 13.7. The summed E-state index contributed by atoms with van der Waals surface area (Å²) in [5.74, 6) is -1.12. The lowest BCUT2D eigenvalue weighted by Gasteiger charge is -2.18. The lowest BCUT2D eigenvalue weighted by atomic mass is 9.96. The van der Waals surface area contributed by atoms with Crippen LogP contribution in [0.15, 0.2) is 48.5 Å². The highest BCUT2D eigenvalue weighted by Crippen LogP contribution is 2.23. The number of carbonyl (C=O) groups is 2. The molecule has 28 heavy (non-hydrogen) atoms. The van der Waals surface area contributed by atoms with Crippen molar-refractivity contribution in [2.45, 2.75) is 32.3 Å². The smallest absolute Gasteiger partial charge is 0.339 e. The molecule has 1 amide bonds. The van der Waals surface area contributed by atoms with E-state index in [0.717, 1.165) is 18.1 Å². The minimum absolute atomic E-state index is 0.0451. The third-order valence-electron chi connectivity index (χ3n) is 4.40. The van der Waals surface area contributed by atoms with Gasteiger partial charge in [0.15, 0.2) is 6.10 Å². The van der Waals surface area contributed by atoms with Gasteiger partial charge >= 0.3 is 5.97 Å². The molecule has 0 spiro atoms. The van der Waals surface area contributed by atoms with E-state index < -0.39 is 22.9 Å². The molecule has 0 aromatic heterocycles. The van der Waals surface area contributed by atoms with Gasteiger partial charge < -0.3 is 15.8 Å². The van der Waals surface area contributed by atoms with Crippen LogP contribution in [0.3, 0.4) is 0 Å². The first-order chi connectivity index (χ1) is 13.3. The molecule has 0 aliphatic rings. The average molecular weight is 385 g/mol. The van der Waals surface area contributed by atoms with Crippen LogP contribution in [0.25, 0.3) is 0 Å². The number of nitrogen functional groups attached to an aromatic ring is 1. The van der Waals surface area contributed by atoms with Gasteiger partial charge in [-0.2, -0.15) is 0 Å². The van der Waals surface area contributed by atoms with Crippen LogP contribution < -0.4 is 11.1 Å². The van der Waals surface area contributed by atoms with E-state index in [1.54, 1.807) is 0 Å². The molecule has 2 rings (SSSR count). The van der Waals surface area contributed by atoms with Crippen LogP contribution in [0, 0.1) is 10.1 Å². The van der Waals surface area contributed by atoms with E-state index in [2.05, 4.69) is 5.32 Å². The number of rotatable bonds is 8. The zero-order valence-corrected chi connectivity index (χ0v) is 15.8. The Kier molecular flexibility index (Phi) is 7.08. The maximum atomic E-state index is 12.3. The molecule has 0 bridgehead atoms. The largest absolute Gasteiger partial charge is 0.449 e. The van der Waals surface area contributed by atoms with Gasteiger partial charge in [-0.25, -0.2) is 4.79 Å². The lowest BCUT2D eigenvalue weighted by molar-refractivity contribution is -0.383. The summed E-state index contributed by atoms with van der Waals surface area (Å²) >= 11 is 0. The summed E-state index contributed by atoms with van der Waals surface area (Å²) < 4.78 is 5.13. The second-order valence-electron chi connectivity index (χ2n) is 6.34. The monoisotopic (exact) mass is 385 g/mol. The maximum absolute atomic E-state index is 12.3. The number of nitrogens with one attached hydrogen (secondary N) is 1. The van der Waals surface area contributed by atoms with Crippen LogP contribution in [0.2, 0.25) is 0 Å². The van der Waals surface area contributed by atoms with Gasteiger partial charge in [0.05, 0.1) is 10.5 Å². The minimum Gasteiger partial charge on any atom is -0.449 e. The first-order valence-electron chi connectivity index (χ1n) is 8.91. The number of nitro groups is 1. The van der Waals surface area contributed by atoms with Crippen LogP contribution in [-0.4, -0.2) is 29.4 Å². The molecule has 2 aromatic carbocycles. The summed E-state index contributed by atoms with van der Waals surface area (Å²) in [7, 11) is 0. The van der Waals surface area contributed by atoms with Crippen molar-refractivity contribution in [3.8, 4) is 0 Å². The first kappa shape index (κ1) is 20.9. The van der Waals surface area contributed by atoms with Crippen molar-refractivity contribution in [1.82, 2.24) is 5.32 Å². The van der Waals surface area contributed by atoms with Gasteiger partial charge in [-0.15, -0.1) is 0 Å². The highest BCUT2D eigenvalue weighted by molar-refractivity contribution is 5.93. The molecule has 0 saturated heterocycles. The van der Waals surface area contributed by atoms with Gasteiger partial charge in [-0.05, 0) is 31.0 Å². The quantitative estimate of drug-likeness (QED) is 0.311. The number of ether oxygens (including phenoxy) is 1. The van der Waals surface area contributed by atoms with Crippen molar-refractivity contribution in [3.05, 3.63) is 69.8 Å². The number of anilines is 1. The number of hydrogen-bond donors (Lipinski definition) is 2. The zero-order chi connectivity index (χ0) is 20.7. The number of benzene rings is 2. The highest BCUT2D eigenvalue weighted by atomic mass is 16.6. The highest BCUT2D eigenvalue weighted by Gasteiger charge is 2.22. The molecule has 0 unspecified atom stereocenters. The number of nitrogens with two attached hydrogens (primary N) is 1. The van der Waals surface area contributed by atoms with Crippen LogP contribution in [0.4, 0.5) is 11.4 Å². The third-order valence-corrected chi connectivity index (χ3v) is 4.40. The van der Waals surface area contributed by atoms with Gasteiger partial charge in [0.2, 0.25) is 0 Å². The van der Waals surface area contributed by atoms with E-state index in [-0.39, 0.29) is 22.9 Å². The summed E-state index contributed by atoms with van der Waals surface area (Å²) in [4.78, 5) is 34.7. The van der Waals surface area contributed by atoms with Crippen LogP contribution in [0.1, 0.15) is 42.1 Å². The van der Waals surface area contributed by atoms with Crippen LogP contribution in [0.5, 0.6) is 0 Å². The molecule has 0 radical (unpaired) electrons. The van der Waals surface area contributed by atoms with E-state index >= 15 is 0 Å². The molecule has 2 aromatic rings. The third kappa shape index (κ3) is 5.29. The van der Waals surface area contributed by atoms with E-state index in [1.165, 1.54) is 19.1 Å². The summed E-state index contributed by atoms with van der Waals surface area (Å²) in [6.07, 6.45) is -0.203. The fourth-order valence-electron chi connectivity index (χ4n) is 2.70. The van der Waals surface area contributed by atoms with Crippen molar-refractivity contribution < 1.29 is 19.2 Å². The predicted octanol–water partition coefficient (Wildman–Crippen LogP) is 3.03. The molecular formula is C20H23N3O5. The molecule has 3 N–H and O–H groups in total. The Hall–Kier alpha value is -3.42. The number of amides is 1. The molecule has 0 aliphatic carbocycles. The Labute approximate surface area is 162 Å². The number of nitrogens with zero attached hydrogens (tertiary/aromatic N) is 1. The molecule has 148 valence electrons. The molecule has 8 heteroatoms. The van der Waals surface area contributed by atoms with Gasteiger partial charge in [-0.1, -0.05) is 37.3 Å². The Bertz CT molecular complexity index is 854. The van der Waals surface area contributed by atoms with Gasteiger partial charge in [0.1, 0.15) is 5.69 Å². The van der Waals surface area contributed by atoms with Crippen LogP contribution in [-0.2, 0) is 9.53 Å². The Morgan fingerprint density at radius 1 is 1.21 bits per heavy atom. The van der Waals surface area contributed by atoms with Crippen molar-refractivity contribution >= 4 is 23.3 Å². The Balaban J connectivity index is 1.95. The predicted molar refractivity (Wildman–Crippen MR) is 105 cm³/mol. The number of nitro benzene ring substituents is 1.